The highest BCUT2D eigenvalue weighted by molar-refractivity contribution is 9.10. The smallest absolute Gasteiger partial charge is 0.335 e. The summed E-state index contributed by atoms with van der Waals surface area (Å²) < 4.78 is 6.68. The van der Waals surface area contributed by atoms with Crippen LogP contribution in [0.5, 0.6) is 5.75 Å². The van der Waals surface area contributed by atoms with Crippen LogP contribution in [-0.4, -0.2) is 29.6 Å². The van der Waals surface area contributed by atoms with Gasteiger partial charge in [0.05, 0.1) is 5.56 Å². The van der Waals surface area contributed by atoms with E-state index < -0.39 is 12.1 Å². The maximum absolute atomic E-state index is 12.5. The fourth-order valence-electron chi connectivity index (χ4n) is 2.50. The minimum absolute atomic E-state index is 0.157. The van der Waals surface area contributed by atoms with Crippen molar-refractivity contribution >= 4 is 33.5 Å². The van der Waals surface area contributed by atoms with Crippen LogP contribution in [-0.2, 0) is 4.79 Å². The first-order valence-corrected chi connectivity index (χ1v) is 7.91. The van der Waals surface area contributed by atoms with Crippen LogP contribution in [0.2, 0.25) is 0 Å². The van der Waals surface area contributed by atoms with E-state index in [2.05, 4.69) is 15.9 Å². The molecule has 1 saturated heterocycles. The summed E-state index contributed by atoms with van der Waals surface area (Å²) in [5.41, 5.74) is 0.740. The number of halogens is 1. The molecule has 1 atom stereocenters. The summed E-state index contributed by atoms with van der Waals surface area (Å²) in [6.45, 7) is 0.503. The van der Waals surface area contributed by atoms with Gasteiger partial charge in [0, 0.05) is 23.1 Å². The van der Waals surface area contributed by atoms with Gasteiger partial charge in [-0.2, -0.15) is 0 Å². The number of carbonyl (C=O) groups is 2. The summed E-state index contributed by atoms with van der Waals surface area (Å²) in [5.74, 6) is -0.538. The summed E-state index contributed by atoms with van der Waals surface area (Å²) in [6, 6.07) is 13.7. The average molecular weight is 376 g/mol. The predicted octanol–water partition coefficient (Wildman–Crippen LogP) is 3.33. The van der Waals surface area contributed by atoms with E-state index in [1.165, 1.54) is 12.1 Å². The van der Waals surface area contributed by atoms with Gasteiger partial charge >= 0.3 is 5.97 Å². The van der Waals surface area contributed by atoms with Crippen molar-refractivity contribution in [3.05, 3.63) is 58.6 Å². The number of nitrogens with zero attached hydrogens (tertiary/aromatic N) is 1. The van der Waals surface area contributed by atoms with Crippen molar-refractivity contribution in [2.45, 2.75) is 12.5 Å². The lowest BCUT2D eigenvalue weighted by Gasteiger charge is -2.17. The molecule has 1 amide bonds. The topological polar surface area (TPSA) is 66.8 Å². The molecule has 0 aromatic heterocycles. The van der Waals surface area contributed by atoms with Crippen molar-refractivity contribution in [1.82, 2.24) is 0 Å². The number of carboxylic acid groups (broad SMARTS) is 1. The molecular formula is C17H14BrNO4. The van der Waals surface area contributed by atoms with Gasteiger partial charge < -0.3 is 14.7 Å². The minimum atomic E-state index is -1.01. The Morgan fingerprint density at radius 3 is 2.65 bits per heavy atom. The highest BCUT2D eigenvalue weighted by atomic mass is 79.9. The van der Waals surface area contributed by atoms with Crippen LogP contribution >= 0.6 is 15.9 Å². The number of rotatable bonds is 4. The second kappa shape index (κ2) is 6.42. The Balaban J connectivity index is 1.75. The monoisotopic (exact) mass is 375 g/mol. The molecule has 23 heavy (non-hydrogen) atoms. The normalized spacial score (nSPS) is 17.3. The van der Waals surface area contributed by atoms with Crippen LogP contribution in [0.15, 0.2) is 53.0 Å². The first kappa shape index (κ1) is 15.6. The predicted molar refractivity (Wildman–Crippen MR) is 88.9 cm³/mol. The summed E-state index contributed by atoms with van der Waals surface area (Å²) in [6.07, 6.45) is 0.0105. The number of carboxylic acids is 1. The van der Waals surface area contributed by atoms with E-state index in [1.807, 2.05) is 12.1 Å². The number of ether oxygens (including phenoxy) is 1. The molecule has 118 valence electrons. The van der Waals surface area contributed by atoms with Gasteiger partial charge in [-0.1, -0.05) is 22.0 Å². The Morgan fingerprint density at radius 1 is 1.22 bits per heavy atom. The quantitative estimate of drug-likeness (QED) is 0.889. The van der Waals surface area contributed by atoms with Gasteiger partial charge in [0.15, 0.2) is 6.10 Å². The van der Waals surface area contributed by atoms with Gasteiger partial charge in [-0.15, -0.1) is 0 Å². The Labute approximate surface area is 141 Å². The number of hydrogen-bond acceptors (Lipinski definition) is 3. The number of amides is 1. The molecule has 1 heterocycles. The lowest BCUT2D eigenvalue weighted by molar-refractivity contribution is -0.122. The third-order valence-corrected chi connectivity index (χ3v) is 4.18. The van der Waals surface area contributed by atoms with E-state index in [-0.39, 0.29) is 11.5 Å². The summed E-state index contributed by atoms with van der Waals surface area (Å²) in [7, 11) is 0. The lowest BCUT2D eigenvalue weighted by Crippen LogP contribution is -2.32. The van der Waals surface area contributed by atoms with Gasteiger partial charge in [0.1, 0.15) is 5.75 Å². The molecule has 0 unspecified atom stereocenters. The minimum Gasteiger partial charge on any atom is -0.481 e. The Kier molecular flexibility index (Phi) is 4.34. The molecule has 1 aliphatic rings. The number of hydrogen-bond donors (Lipinski definition) is 1. The Bertz CT molecular complexity index is 745. The zero-order chi connectivity index (χ0) is 16.4. The van der Waals surface area contributed by atoms with Gasteiger partial charge in [-0.25, -0.2) is 4.79 Å². The zero-order valence-corrected chi connectivity index (χ0v) is 13.7. The van der Waals surface area contributed by atoms with E-state index in [0.29, 0.717) is 24.4 Å². The largest absolute Gasteiger partial charge is 0.481 e. The third-order valence-electron chi connectivity index (χ3n) is 3.65. The lowest BCUT2D eigenvalue weighted by atomic mass is 10.2. The molecule has 0 aliphatic carbocycles. The average Bonchev–Trinajstić information content (AvgIpc) is 2.91. The van der Waals surface area contributed by atoms with Crippen LogP contribution < -0.4 is 9.64 Å². The summed E-state index contributed by atoms with van der Waals surface area (Å²) in [4.78, 5) is 25.1. The Morgan fingerprint density at radius 2 is 1.96 bits per heavy atom. The zero-order valence-electron chi connectivity index (χ0n) is 12.1. The molecule has 6 heteroatoms. The van der Waals surface area contributed by atoms with Crippen LogP contribution in [0.25, 0.3) is 0 Å². The van der Waals surface area contributed by atoms with E-state index in [4.69, 9.17) is 9.84 Å². The van der Waals surface area contributed by atoms with E-state index in [9.17, 15) is 9.59 Å². The second-order valence-electron chi connectivity index (χ2n) is 5.19. The molecule has 0 saturated carbocycles. The molecule has 1 fully saturated rings. The fraction of sp³-hybridized carbons (Fsp3) is 0.176. The van der Waals surface area contributed by atoms with Crippen LogP contribution in [0.1, 0.15) is 16.8 Å². The van der Waals surface area contributed by atoms with Crippen molar-refractivity contribution in [2.75, 3.05) is 11.4 Å². The molecule has 3 rings (SSSR count). The highest BCUT2D eigenvalue weighted by Gasteiger charge is 2.34. The molecule has 0 radical (unpaired) electrons. The number of anilines is 1. The number of carbonyl (C=O) groups excluding carboxylic acids is 1. The van der Waals surface area contributed by atoms with Gasteiger partial charge in [0.25, 0.3) is 5.91 Å². The first-order chi connectivity index (χ1) is 11.0. The number of benzene rings is 2. The van der Waals surface area contributed by atoms with Crippen molar-refractivity contribution in [3.8, 4) is 5.75 Å². The molecule has 1 aliphatic heterocycles. The van der Waals surface area contributed by atoms with Gasteiger partial charge in [0.2, 0.25) is 0 Å². The highest BCUT2D eigenvalue weighted by Crippen LogP contribution is 2.26. The van der Waals surface area contributed by atoms with E-state index >= 15 is 0 Å². The fourth-order valence-corrected chi connectivity index (χ4v) is 2.77. The first-order valence-electron chi connectivity index (χ1n) is 7.11. The van der Waals surface area contributed by atoms with Crippen molar-refractivity contribution < 1.29 is 19.4 Å². The second-order valence-corrected chi connectivity index (χ2v) is 6.11. The number of aromatic carboxylic acids is 1. The van der Waals surface area contributed by atoms with Crippen molar-refractivity contribution in [2.24, 2.45) is 0 Å². The van der Waals surface area contributed by atoms with Crippen molar-refractivity contribution in [3.63, 3.8) is 0 Å². The standard InChI is InChI=1S/C17H14BrNO4/c18-12-4-6-14(7-5-12)23-15-8-9-19(16(15)20)13-3-1-2-11(10-13)17(21)22/h1-7,10,15H,8-9H2,(H,21,22)/t15-/m0/s1. The molecular weight excluding hydrogens is 362 g/mol. The van der Waals surface area contributed by atoms with Crippen LogP contribution in [0, 0.1) is 0 Å². The third kappa shape index (κ3) is 3.37. The Hall–Kier alpha value is -2.34. The molecule has 1 N–H and O–H groups in total. The molecule has 2 aromatic carbocycles. The van der Waals surface area contributed by atoms with Crippen LogP contribution in [0.4, 0.5) is 5.69 Å². The van der Waals surface area contributed by atoms with Crippen LogP contribution in [0.3, 0.4) is 0 Å². The van der Waals surface area contributed by atoms with Gasteiger partial charge in [-0.3, -0.25) is 4.79 Å². The summed E-state index contributed by atoms with van der Waals surface area (Å²) >= 11 is 3.35. The summed E-state index contributed by atoms with van der Waals surface area (Å²) in [5, 5.41) is 9.06. The van der Waals surface area contributed by atoms with Gasteiger partial charge in [-0.05, 0) is 42.5 Å². The van der Waals surface area contributed by atoms with Crippen molar-refractivity contribution in [1.29, 1.82) is 0 Å². The molecule has 0 spiro atoms. The van der Waals surface area contributed by atoms with E-state index in [1.54, 1.807) is 29.2 Å². The SMILES string of the molecule is O=C(O)c1cccc(N2CC[C@H](Oc3ccc(Br)cc3)C2=O)c1. The molecule has 0 bridgehead atoms. The molecule has 5 nitrogen and oxygen atoms in total. The molecule has 2 aromatic rings. The maximum Gasteiger partial charge on any atom is 0.335 e. The maximum atomic E-state index is 12.5. The van der Waals surface area contributed by atoms with E-state index in [0.717, 1.165) is 4.47 Å².